The smallest absolute Gasteiger partial charge is 0.261 e. The summed E-state index contributed by atoms with van der Waals surface area (Å²) in [6.07, 6.45) is 3.14. The minimum atomic E-state index is -0.478. The molecule has 0 spiro atoms. The maximum atomic E-state index is 13.1. The number of anilines is 1. The molecule has 38 heavy (non-hydrogen) atoms. The molecule has 0 bridgehead atoms. The zero-order valence-electron chi connectivity index (χ0n) is 21.4. The fourth-order valence-electron chi connectivity index (χ4n) is 4.27. The van der Waals surface area contributed by atoms with E-state index in [1.807, 2.05) is 30.5 Å². The number of nitrogens with one attached hydrogen (secondary N) is 1. The lowest BCUT2D eigenvalue weighted by molar-refractivity contribution is 0.102. The second kappa shape index (κ2) is 10.2. The predicted molar refractivity (Wildman–Crippen MR) is 146 cm³/mol. The van der Waals surface area contributed by atoms with Crippen LogP contribution in [-0.4, -0.2) is 34.9 Å². The van der Waals surface area contributed by atoms with Crippen LogP contribution in [-0.2, 0) is 0 Å². The zero-order chi connectivity index (χ0) is 26.8. The van der Waals surface area contributed by atoms with E-state index in [4.69, 9.17) is 14.2 Å². The molecule has 0 saturated heterocycles. The molecule has 3 aromatic carbocycles. The summed E-state index contributed by atoms with van der Waals surface area (Å²) in [5.74, 6) is 1.62. The van der Waals surface area contributed by atoms with Crippen molar-refractivity contribution in [2.45, 2.75) is 19.9 Å². The third kappa shape index (κ3) is 4.61. The van der Waals surface area contributed by atoms with Gasteiger partial charge in [-0.15, -0.1) is 0 Å². The molecule has 2 aromatic heterocycles. The van der Waals surface area contributed by atoms with Crippen LogP contribution in [0.2, 0.25) is 0 Å². The van der Waals surface area contributed by atoms with Crippen LogP contribution in [0.1, 0.15) is 30.2 Å². The standard InChI is InChI=1S/C29H26N4O5/c1-17(2)33-16-22(28(34)20-7-5-6-8-24(20)33)29(35)31-18-9-11-19(12-10-18)38-27-15-30-32-23-14-26(37-4)25(36-3)13-21(23)27/h5-17H,1-4H3,(H,31,35). The topological polar surface area (TPSA) is 105 Å². The van der Waals surface area contributed by atoms with E-state index in [-0.39, 0.29) is 17.0 Å². The monoisotopic (exact) mass is 510 g/mol. The number of aromatic nitrogens is 3. The lowest BCUT2D eigenvalue weighted by Gasteiger charge is -2.16. The number of rotatable bonds is 7. The number of para-hydroxylation sites is 1. The summed E-state index contributed by atoms with van der Waals surface area (Å²) < 4.78 is 18.7. The Hall–Kier alpha value is -4.92. The van der Waals surface area contributed by atoms with Gasteiger partial charge in [-0.3, -0.25) is 9.59 Å². The Labute approximate surface area is 218 Å². The summed E-state index contributed by atoms with van der Waals surface area (Å²) in [4.78, 5) is 26.2. The molecule has 0 radical (unpaired) electrons. The number of amides is 1. The van der Waals surface area contributed by atoms with Gasteiger partial charge in [-0.1, -0.05) is 12.1 Å². The highest BCUT2D eigenvalue weighted by Crippen LogP contribution is 2.36. The van der Waals surface area contributed by atoms with Gasteiger partial charge in [0.2, 0.25) is 5.43 Å². The molecule has 0 atom stereocenters. The third-order valence-corrected chi connectivity index (χ3v) is 6.19. The van der Waals surface area contributed by atoms with E-state index in [0.717, 1.165) is 5.52 Å². The quantitative estimate of drug-likeness (QED) is 0.304. The van der Waals surface area contributed by atoms with Gasteiger partial charge in [0.1, 0.15) is 16.8 Å². The molecule has 192 valence electrons. The summed E-state index contributed by atoms with van der Waals surface area (Å²) in [5.41, 5.74) is 1.68. The summed E-state index contributed by atoms with van der Waals surface area (Å²) in [6, 6.07) is 17.7. The van der Waals surface area contributed by atoms with E-state index in [0.29, 0.717) is 45.0 Å². The fraction of sp³-hybridized carbons (Fsp3) is 0.172. The number of carbonyl (C=O) groups excluding carboxylic acids is 1. The molecule has 1 N–H and O–H groups in total. The highest BCUT2D eigenvalue weighted by Gasteiger charge is 2.17. The molecule has 0 unspecified atom stereocenters. The van der Waals surface area contributed by atoms with Gasteiger partial charge in [-0.25, -0.2) is 0 Å². The first-order chi connectivity index (χ1) is 18.4. The summed E-state index contributed by atoms with van der Waals surface area (Å²) >= 11 is 0. The van der Waals surface area contributed by atoms with Crippen LogP contribution >= 0.6 is 0 Å². The molecular weight excluding hydrogens is 484 g/mol. The highest BCUT2D eigenvalue weighted by atomic mass is 16.5. The SMILES string of the molecule is COc1cc2nncc(Oc3ccc(NC(=O)c4cn(C(C)C)c5ccccc5c4=O)cc3)c2cc1OC. The van der Waals surface area contributed by atoms with E-state index >= 15 is 0 Å². The number of pyridine rings is 1. The number of nitrogens with zero attached hydrogens (tertiary/aromatic N) is 3. The molecule has 1 amide bonds. The molecule has 0 fully saturated rings. The van der Waals surface area contributed by atoms with E-state index in [1.54, 1.807) is 68.9 Å². The minimum Gasteiger partial charge on any atom is -0.493 e. The lowest BCUT2D eigenvalue weighted by atomic mass is 10.1. The van der Waals surface area contributed by atoms with Crippen molar-refractivity contribution in [3.63, 3.8) is 0 Å². The molecule has 0 aliphatic carbocycles. The fourth-order valence-corrected chi connectivity index (χ4v) is 4.27. The summed E-state index contributed by atoms with van der Waals surface area (Å²) in [5, 5.41) is 12.2. The van der Waals surface area contributed by atoms with Crippen LogP contribution in [0.4, 0.5) is 5.69 Å². The van der Waals surface area contributed by atoms with E-state index in [1.165, 1.54) is 6.20 Å². The normalized spacial score (nSPS) is 11.1. The number of hydrogen-bond donors (Lipinski definition) is 1. The lowest BCUT2D eigenvalue weighted by Crippen LogP contribution is -2.24. The second-order valence-corrected chi connectivity index (χ2v) is 8.90. The number of carbonyl (C=O) groups is 1. The maximum absolute atomic E-state index is 13.1. The molecule has 5 aromatic rings. The van der Waals surface area contributed by atoms with Crippen molar-refractivity contribution in [3.05, 3.63) is 88.8 Å². The second-order valence-electron chi connectivity index (χ2n) is 8.90. The van der Waals surface area contributed by atoms with Crippen molar-refractivity contribution >= 4 is 33.4 Å². The Morgan fingerprint density at radius 2 is 1.63 bits per heavy atom. The van der Waals surface area contributed by atoms with Crippen molar-refractivity contribution in [1.29, 1.82) is 0 Å². The van der Waals surface area contributed by atoms with Gasteiger partial charge >= 0.3 is 0 Å². The number of benzene rings is 3. The van der Waals surface area contributed by atoms with Gasteiger partial charge in [0.15, 0.2) is 17.2 Å². The van der Waals surface area contributed by atoms with Gasteiger partial charge < -0.3 is 24.1 Å². The van der Waals surface area contributed by atoms with Crippen LogP contribution in [0.3, 0.4) is 0 Å². The van der Waals surface area contributed by atoms with Crippen LogP contribution in [0.5, 0.6) is 23.0 Å². The summed E-state index contributed by atoms with van der Waals surface area (Å²) in [6.45, 7) is 4.01. The maximum Gasteiger partial charge on any atom is 0.261 e. The van der Waals surface area contributed by atoms with E-state index in [2.05, 4.69) is 15.5 Å². The number of ether oxygens (including phenoxy) is 3. The zero-order valence-corrected chi connectivity index (χ0v) is 21.4. The van der Waals surface area contributed by atoms with Crippen molar-refractivity contribution in [2.24, 2.45) is 0 Å². The average molecular weight is 511 g/mol. The molecule has 0 aliphatic rings. The number of hydrogen-bond acceptors (Lipinski definition) is 7. The number of methoxy groups -OCH3 is 2. The molecule has 9 heteroatoms. The van der Waals surface area contributed by atoms with Crippen molar-refractivity contribution < 1.29 is 19.0 Å². The first-order valence-corrected chi connectivity index (χ1v) is 12.0. The molecule has 2 heterocycles. The van der Waals surface area contributed by atoms with Gasteiger partial charge in [0.25, 0.3) is 5.91 Å². The van der Waals surface area contributed by atoms with Crippen molar-refractivity contribution in [1.82, 2.24) is 14.8 Å². The van der Waals surface area contributed by atoms with E-state index in [9.17, 15) is 9.59 Å². The largest absolute Gasteiger partial charge is 0.493 e. The van der Waals surface area contributed by atoms with Crippen molar-refractivity contribution in [3.8, 4) is 23.0 Å². The highest BCUT2D eigenvalue weighted by molar-refractivity contribution is 6.05. The summed E-state index contributed by atoms with van der Waals surface area (Å²) in [7, 11) is 3.11. The van der Waals surface area contributed by atoms with Gasteiger partial charge in [-0.2, -0.15) is 10.2 Å². The van der Waals surface area contributed by atoms with Crippen LogP contribution in [0, 0.1) is 0 Å². The molecule has 0 saturated carbocycles. The average Bonchev–Trinajstić information content (AvgIpc) is 2.93. The van der Waals surface area contributed by atoms with Crippen LogP contribution < -0.4 is 25.0 Å². The molecule has 9 nitrogen and oxygen atoms in total. The Bertz CT molecular complexity index is 1710. The Morgan fingerprint density at radius 1 is 0.921 bits per heavy atom. The van der Waals surface area contributed by atoms with Gasteiger partial charge in [-0.05, 0) is 56.3 Å². The first-order valence-electron chi connectivity index (χ1n) is 12.0. The van der Waals surface area contributed by atoms with E-state index < -0.39 is 5.91 Å². The number of fused-ring (bicyclic) bond motifs is 2. The van der Waals surface area contributed by atoms with Crippen molar-refractivity contribution in [2.75, 3.05) is 19.5 Å². The molecular formula is C29H26N4O5. The Morgan fingerprint density at radius 3 is 2.34 bits per heavy atom. The Balaban J connectivity index is 1.39. The minimum absolute atomic E-state index is 0.0725. The van der Waals surface area contributed by atoms with Gasteiger partial charge in [0, 0.05) is 29.4 Å². The van der Waals surface area contributed by atoms with Crippen LogP contribution in [0.15, 0.2) is 77.9 Å². The molecule has 5 rings (SSSR count). The predicted octanol–water partition coefficient (Wildman–Crippen LogP) is 5.59. The van der Waals surface area contributed by atoms with Gasteiger partial charge in [0.05, 0.1) is 31.3 Å². The third-order valence-electron chi connectivity index (χ3n) is 6.19. The first kappa shape index (κ1) is 24.8. The van der Waals surface area contributed by atoms with Crippen LogP contribution in [0.25, 0.3) is 21.8 Å². The molecule has 0 aliphatic heterocycles. The Kier molecular flexibility index (Phi) is 6.66.